The van der Waals surface area contributed by atoms with Crippen LogP contribution in [0, 0.1) is 0 Å². The van der Waals surface area contributed by atoms with Crippen LogP contribution in [0.25, 0.3) is 0 Å². The number of methoxy groups -OCH3 is 1. The van der Waals surface area contributed by atoms with Crippen molar-refractivity contribution in [1.82, 2.24) is 9.80 Å². The van der Waals surface area contributed by atoms with Crippen LogP contribution >= 0.6 is 23.7 Å². The number of halogens is 1. The highest BCUT2D eigenvalue weighted by atomic mass is 35.5. The number of benzene rings is 2. The lowest BCUT2D eigenvalue weighted by Crippen LogP contribution is -2.37. The molecule has 3 aromatic rings. The van der Waals surface area contributed by atoms with E-state index in [1.807, 2.05) is 18.2 Å². The maximum absolute atomic E-state index is 12.9. The largest absolute Gasteiger partial charge is 0.465 e. The smallest absolute Gasteiger partial charge is 0.341 e. The molecule has 5 rings (SSSR count). The lowest BCUT2D eigenvalue weighted by atomic mass is 10.0. The van der Waals surface area contributed by atoms with Gasteiger partial charge >= 0.3 is 5.97 Å². The molecule has 1 N–H and O–H groups in total. The van der Waals surface area contributed by atoms with Crippen molar-refractivity contribution in [3.8, 4) is 0 Å². The van der Waals surface area contributed by atoms with Crippen LogP contribution in [0.5, 0.6) is 0 Å². The van der Waals surface area contributed by atoms with Gasteiger partial charge in [0.05, 0.1) is 23.8 Å². The van der Waals surface area contributed by atoms with Gasteiger partial charge in [-0.25, -0.2) is 4.79 Å². The molecule has 2 aliphatic rings. The number of amides is 3. The molecule has 0 aliphatic carbocycles. The summed E-state index contributed by atoms with van der Waals surface area (Å²) in [5.74, 6) is -2.08. The standard InChI is InChI=1S/C26H23N3O5S.ClH/c1-34-26(33)22-19-11-12-28(13-16-7-3-2-4-8-16)14-20(19)35-23(22)27-21(30)15-29-24(31)17-9-5-6-10-18(17)25(29)32;/h2-10H,11-15H2,1H3,(H,27,30);1H. The molecule has 0 bridgehead atoms. The number of nitrogens with zero attached hydrogens (tertiary/aromatic N) is 2. The number of esters is 1. The number of hydrogen-bond acceptors (Lipinski definition) is 7. The first kappa shape index (κ1) is 25.6. The van der Waals surface area contributed by atoms with Gasteiger partial charge in [0.2, 0.25) is 5.91 Å². The topological polar surface area (TPSA) is 96.0 Å². The van der Waals surface area contributed by atoms with Crippen molar-refractivity contribution in [2.24, 2.45) is 0 Å². The number of imide groups is 1. The van der Waals surface area contributed by atoms with E-state index in [9.17, 15) is 19.2 Å². The van der Waals surface area contributed by atoms with Gasteiger partial charge in [0.25, 0.3) is 11.8 Å². The maximum Gasteiger partial charge on any atom is 0.341 e. The number of carbonyl (C=O) groups is 4. The summed E-state index contributed by atoms with van der Waals surface area (Å²) in [4.78, 5) is 54.9. The number of anilines is 1. The van der Waals surface area contributed by atoms with Crippen LogP contribution in [0.2, 0.25) is 0 Å². The molecule has 0 spiro atoms. The third-order valence-corrected chi connectivity index (χ3v) is 7.34. The molecule has 8 nitrogen and oxygen atoms in total. The average Bonchev–Trinajstić information content (AvgIpc) is 3.34. The summed E-state index contributed by atoms with van der Waals surface area (Å²) in [5.41, 5.74) is 3.00. The quantitative estimate of drug-likeness (QED) is 0.389. The second kappa shape index (κ2) is 10.6. The fourth-order valence-electron chi connectivity index (χ4n) is 4.53. The summed E-state index contributed by atoms with van der Waals surface area (Å²) in [5, 5.41) is 3.14. The van der Waals surface area contributed by atoms with Crippen molar-refractivity contribution in [1.29, 1.82) is 0 Å². The molecule has 3 amide bonds. The molecule has 3 heterocycles. The van der Waals surface area contributed by atoms with Gasteiger partial charge in [0.1, 0.15) is 11.5 Å². The van der Waals surface area contributed by atoms with Crippen LogP contribution in [0.3, 0.4) is 0 Å². The van der Waals surface area contributed by atoms with E-state index in [1.165, 1.54) is 24.0 Å². The predicted octanol–water partition coefficient (Wildman–Crippen LogP) is 3.75. The number of carbonyl (C=O) groups excluding carboxylic acids is 4. The Morgan fingerprint density at radius 2 is 1.64 bits per heavy atom. The van der Waals surface area contributed by atoms with E-state index in [2.05, 4.69) is 22.3 Å². The van der Waals surface area contributed by atoms with Crippen LogP contribution in [-0.2, 0) is 29.0 Å². The van der Waals surface area contributed by atoms with Gasteiger partial charge in [-0.3, -0.25) is 24.2 Å². The zero-order chi connectivity index (χ0) is 24.5. The molecular formula is C26H24ClN3O5S. The summed E-state index contributed by atoms with van der Waals surface area (Å²) in [6.45, 7) is 1.76. The minimum atomic E-state index is -0.551. The molecule has 2 aliphatic heterocycles. The molecular weight excluding hydrogens is 502 g/mol. The van der Waals surface area contributed by atoms with Gasteiger partial charge in [-0.2, -0.15) is 0 Å². The van der Waals surface area contributed by atoms with Gasteiger partial charge in [-0.15, -0.1) is 23.7 Å². The normalized spacial score (nSPS) is 14.6. The van der Waals surface area contributed by atoms with E-state index < -0.39 is 30.2 Å². The van der Waals surface area contributed by atoms with E-state index in [-0.39, 0.29) is 23.5 Å². The molecule has 0 radical (unpaired) electrons. The Morgan fingerprint density at radius 1 is 1.00 bits per heavy atom. The number of rotatable bonds is 6. The van der Waals surface area contributed by atoms with Crippen molar-refractivity contribution in [2.75, 3.05) is 25.5 Å². The minimum Gasteiger partial charge on any atom is -0.465 e. The second-order valence-electron chi connectivity index (χ2n) is 8.44. The lowest BCUT2D eigenvalue weighted by Gasteiger charge is -2.27. The van der Waals surface area contributed by atoms with Crippen LogP contribution in [0.1, 0.15) is 47.1 Å². The number of hydrogen-bond donors (Lipinski definition) is 1. The second-order valence-corrected chi connectivity index (χ2v) is 9.54. The number of nitrogens with one attached hydrogen (secondary N) is 1. The van der Waals surface area contributed by atoms with Crippen molar-refractivity contribution >= 4 is 52.4 Å². The van der Waals surface area contributed by atoms with Crippen LogP contribution in [0.4, 0.5) is 5.00 Å². The zero-order valence-electron chi connectivity index (χ0n) is 19.5. The van der Waals surface area contributed by atoms with E-state index in [0.29, 0.717) is 23.5 Å². The molecule has 2 aromatic carbocycles. The molecule has 0 fully saturated rings. The Hall–Kier alpha value is -3.53. The first-order valence-electron chi connectivity index (χ1n) is 11.2. The molecule has 0 unspecified atom stereocenters. The predicted molar refractivity (Wildman–Crippen MR) is 138 cm³/mol. The molecule has 0 saturated heterocycles. The molecule has 0 saturated carbocycles. The molecule has 186 valence electrons. The summed E-state index contributed by atoms with van der Waals surface area (Å²) in [7, 11) is 1.31. The third-order valence-electron chi connectivity index (χ3n) is 6.21. The minimum absolute atomic E-state index is 0. The molecule has 0 atom stereocenters. The molecule has 36 heavy (non-hydrogen) atoms. The zero-order valence-corrected chi connectivity index (χ0v) is 21.1. The first-order valence-corrected chi connectivity index (χ1v) is 12.0. The van der Waals surface area contributed by atoms with E-state index >= 15 is 0 Å². The van der Waals surface area contributed by atoms with Crippen molar-refractivity contribution < 1.29 is 23.9 Å². The fraction of sp³-hybridized carbons (Fsp3) is 0.231. The van der Waals surface area contributed by atoms with Gasteiger partial charge in [-0.05, 0) is 29.7 Å². The summed E-state index contributed by atoms with van der Waals surface area (Å²) >= 11 is 1.33. The van der Waals surface area contributed by atoms with E-state index in [1.54, 1.807) is 24.3 Å². The number of fused-ring (bicyclic) bond motifs is 2. The van der Waals surface area contributed by atoms with E-state index in [0.717, 1.165) is 28.4 Å². The van der Waals surface area contributed by atoms with Gasteiger partial charge < -0.3 is 10.1 Å². The third kappa shape index (κ3) is 4.77. The number of thiophene rings is 1. The Labute approximate surface area is 218 Å². The van der Waals surface area contributed by atoms with Crippen LogP contribution in [-0.4, -0.2) is 53.7 Å². The Balaban J connectivity index is 0.00000304. The Kier molecular flexibility index (Phi) is 7.53. The fourth-order valence-corrected chi connectivity index (χ4v) is 5.83. The summed E-state index contributed by atoms with van der Waals surface area (Å²) in [6.07, 6.45) is 0.650. The molecule has 10 heteroatoms. The first-order chi connectivity index (χ1) is 17.0. The highest BCUT2D eigenvalue weighted by Crippen LogP contribution is 2.38. The summed E-state index contributed by atoms with van der Waals surface area (Å²) < 4.78 is 5.00. The average molecular weight is 526 g/mol. The maximum atomic E-state index is 12.9. The highest BCUT2D eigenvalue weighted by Gasteiger charge is 2.37. The Bertz CT molecular complexity index is 1310. The van der Waals surface area contributed by atoms with Crippen LogP contribution in [0.15, 0.2) is 54.6 Å². The van der Waals surface area contributed by atoms with Gasteiger partial charge in [-0.1, -0.05) is 42.5 Å². The van der Waals surface area contributed by atoms with Crippen molar-refractivity contribution in [3.63, 3.8) is 0 Å². The monoisotopic (exact) mass is 525 g/mol. The van der Waals surface area contributed by atoms with Gasteiger partial charge in [0, 0.05) is 24.5 Å². The van der Waals surface area contributed by atoms with Crippen molar-refractivity contribution in [3.05, 3.63) is 87.3 Å². The van der Waals surface area contributed by atoms with E-state index in [4.69, 9.17) is 4.74 Å². The number of ether oxygens (including phenoxy) is 1. The Morgan fingerprint density at radius 3 is 2.28 bits per heavy atom. The highest BCUT2D eigenvalue weighted by molar-refractivity contribution is 7.17. The van der Waals surface area contributed by atoms with Crippen LogP contribution < -0.4 is 5.32 Å². The molecule has 1 aromatic heterocycles. The van der Waals surface area contributed by atoms with Crippen molar-refractivity contribution in [2.45, 2.75) is 19.5 Å². The van der Waals surface area contributed by atoms with Gasteiger partial charge in [0.15, 0.2) is 0 Å². The lowest BCUT2D eigenvalue weighted by molar-refractivity contribution is -0.116. The SMILES string of the molecule is COC(=O)c1c(NC(=O)CN2C(=O)c3ccccc3C2=O)sc2c1CCN(Cc1ccccc1)C2.Cl. The summed E-state index contributed by atoms with van der Waals surface area (Å²) in [6, 6.07) is 16.6.